The highest BCUT2D eigenvalue weighted by Gasteiger charge is 1.96. The van der Waals surface area contributed by atoms with Crippen LogP contribution < -0.4 is 0 Å². The number of esters is 1. The van der Waals surface area contributed by atoms with E-state index in [-0.39, 0.29) is 5.97 Å². The first-order valence-corrected chi connectivity index (χ1v) is 9.51. The lowest BCUT2D eigenvalue weighted by Gasteiger charge is -2.00. The van der Waals surface area contributed by atoms with Crippen molar-refractivity contribution in [1.82, 2.24) is 0 Å². The predicted octanol–water partition coefficient (Wildman–Crippen LogP) is 6.20. The zero-order valence-electron chi connectivity index (χ0n) is 15.4. The Hall–Kier alpha value is -1.23. The summed E-state index contributed by atoms with van der Waals surface area (Å²) in [6, 6.07) is 0. The maximum atomic E-state index is 10.9. The molecule has 0 aliphatic rings. The van der Waals surface area contributed by atoms with Crippen molar-refractivity contribution in [3.05, 3.63) is 12.2 Å². The standard InChI is InChI=1S/C21H36O2/c1-3-4-5-6-7-8-9-10-11-12-13-14-15-16-17-18-19-20-21(22)23-2/h16-17H,3-13,18-20H2,1-2H3/b17-16+. The molecule has 0 aromatic heterocycles. The van der Waals surface area contributed by atoms with Gasteiger partial charge in [0.1, 0.15) is 0 Å². The fourth-order valence-corrected chi connectivity index (χ4v) is 2.44. The average molecular weight is 321 g/mol. The molecular weight excluding hydrogens is 284 g/mol. The summed E-state index contributed by atoms with van der Waals surface area (Å²) in [5.41, 5.74) is 0. The van der Waals surface area contributed by atoms with E-state index < -0.39 is 0 Å². The van der Waals surface area contributed by atoms with Crippen molar-refractivity contribution >= 4 is 5.97 Å². The van der Waals surface area contributed by atoms with Gasteiger partial charge >= 0.3 is 5.97 Å². The largest absolute Gasteiger partial charge is 0.469 e. The Labute approximate surface area is 144 Å². The lowest BCUT2D eigenvalue weighted by molar-refractivity contribution is -0.140. The van der Waals surface area contributed by atoms with E-state index in [9.17, 15) is 4.79 Å². The third-order valence-electron chi connectivity index (χ3n) is 3.94. The van der Waals surface area contributed by atoms with Gasteiger partial charge in [-0.05, 0) is 25.3 Å². The van der Waals surface area contributed by atoms with Crippen molar-refractivity contribution < 1.29 is 9.53 Å². The minimum atomic E-state index is -0.134. The molecule has 0 aromatic rings. The van der Waals surface area contributed by atoms with Gasteiger partial charge in [0.15, 0.2) is 0 Å². The van der Waals surface area contributed by atoms with Crippen LogP contribution in [0.3, 0.4) is 0 Å². The summed E-state index contributed by atoms with van der Waals surface area (Å²) in [4.78, 5) is 10.9. The smallest absolute Gasteiger partial charge is 0.305 e. The summed E-state index contributed by atoms with van der Waals surface area (Å²) in [6.07, 6.45) is 20.9. The van der Waals surface area contributed by atoms with Crippen LogP contribution in [0, 0.1) is 11.8 Å². The Balaban J connectivity index is 3.24. The van der Waals surface area contributed by atoms with Crippen molar-refractivity contribution in [3.63, 3.8) is 0 Å². The topological polar surface area (TPSA) is 26.3 Å². The van der Waals surface area contributed by atoms with E-state index in [1.165, 1.54) is 71.3 Å². The van der Waals surface area contributed by atoms with Crippen LogP contribution in [0.15, 0.2) is 12.2 Å². The maximum absolute atomic E-state index is 10.9. The molecule has 23 heavy (non-hydrogen) atoms. The van der Waals surface area contributed by atoms with E-state index in [1.807, 2.05) is 12.2 Å². The first-order chi connectivity index (χ1) is 11.3. The molecule has 0 aliphatic carbocycles. The Morgan fingerprint density at radius 3 is 2.13 bits per heavy atom. The lowest BCUT2D eigenvalue weighted by Crippen LogP contribution is -1.98. The van der Waals surface area contributed by atoms with Crippen LogP contribution in [0.5, 0.6) is 0 Å². The highest BCUT2D eigenvalue weighted by molar-refractivity contribution is 5.69. The monoisotopic (exact) mass is 320 g/mol. The molecule has 0 heterocycles. The number of carbonyl (C=O) groups excluding carboxylic acids is 1. The normalized spacial score (nSPS) is 10.5. The van der Waals surface area contributed by atoms with Gasteiger partial charge in [0.05, 0.1) is 7.11 Å². The van der Waals surface area contributed by atoms with Gasteiger partial charge in [-0.2, -0.15) is 0 Å². The van der Waals surface area contributed by atoms with Crippen LogP contribution in [0.25, 0.3) is 0 Å². The molecule has 2 nitrogen and oxygen atoms in total. The van der Waals surface area contributed by atoms with Crippen LogP contribution in [-0.2, 0) is 9.53 Å². The van der Waals surface area contributed by atoms with Crippen LogP contribution >= 0.6 is 0 Å². The zero-order valence-corrected chi connectivity index (χ0v) is 15.4. The van der Waals surface area contributed by atoms with E-state index in [0.717, 1.165) is 19.3 Å². The van der Waals surface area contributed by atoms with Gasteiger partial charge < -0.3 is 4.74 Å². The number of carbonyl (C=O) groups is 1. The molecule has 0 atom stereocenters. The number of hydrogen-bond donors (Lipinski definition) is 0. The van der Waals surface area contributed by atoms with Gasteiger partial charge in [0.25, 0.3) is 0 Å². The molecule has 0 unspecified atom stereocenters. The van der Waals surface area contributed by atoms with Gasteiger partial charge in [0.2, 0.25) is 0 Å². The predicted molar refractivity (Wildman–Crippen MR) is 99.2 cm³/mol. The Morgan fingerprint density at radius 2 is 1.52 bits per heavy atom. The second kappa shape index (κ2) is 18.8. The number of allylic oxidation sites excluding steroid dienone is 2. The van der Waals surface area contributed by atoms with E-state index in [2.05, 4.69) is 23.5 Å². The molecule has 0 saturated heterocycles. The molecule has 0 bridgehead atoms. The van der Waals surface area contributed by atoms with Gasteiger partial charge in [-0.25, -0.2) is 0 Å². The molecular formula is C21H36O2. The first kappa shape index (κ1) is 21.8. The summed E-state index contributed by atoms with van der Waals surface area (Å²) in [5.74, 6) is 6.13. The minimum absolute atomic E-state index is 0.134. The third kappa shape index (κ3) is 18.7. The second-order valence-corrected chi connectivity index (χ2v) is 6.12. The van der Waals surface area contributed by atoms with Crippen LogP contribution in [0.1, 0.15) is 96.8 Å². The summed E-state index contributed by atoms with van der Waals surface area (Å²) < 4.78 is 4.59. The van der Waals surface area contributed by atoms with E-state index in [4.69, 9.17) is 0 Å². The van der Waals surface area contributed by atoms with Crippen molar-refractivity contribution in [2.45, 2.75) is 96.8 Å². The molecule has 0 radical (unpaired) electrons. The molecule has 0 fully saturated rings. The van der Waals surface area contributed by atoms with E-state index in [1.54, 1.807) is 0 Å². The Morgan fingerprint density at radius 1 is 0.913 bits per heavy atom. The lowest BCUT2D eigenvalue weighted by atomic mass is 10.1. The fraction of sp³-hybridized carbons (Fsp3) is 0.762. The first-order valence-electron chi connectivity index (χ1n) is 9.51. The van der Waals surface area contributed by atoms with Crippen LogP contribution in [-0.4, -0.2) is 13.1 Å². The molecule has 0 aliphatic heterocycles. The number of hydrogen-bond acceptors (Lipinski definition) is 2. The maximum Gasteiger partial charge on any atom is 0.305 e. The minimum Gasteiger partial charge on any atom is -0.469 e. The number of methoxy groups -OCH3 is 1. The quantitative estimate of drug-likeness (QED) is 0.216. The van der Waals surface area contributed by atoms with Gasteiger partial charge in [-0.3, -0.25) is 4.79 Å². The van der Waals surface area contributed by atoms with Gasteiger partial charge in [-0.15, -0.1) is 0 Å². The van der Waals surface area contributed by atoms with Gasteiger partial charge in [-0.1, -0.05) is 82.6 Å². The van der Waals surface area contributed by atoms with Crippen LogP contribution in [0.2, 0.25) is 0 Å². The number of unbranched alkanes of at least 4 members (excludes halogenated alkanes) is 11. The fourth-order valence-electron chi connectivity index (χ4n) is 2.44. The Bertz CT molecular complexity index is 347. The summed E-state index contributed by atoms with van der Waals surface area (Å²) >= 11 is 0. The molecule has 0 N–H and O–H groups in total. The Kier molecular flexibility index (Phi) is 17.8. The number of rotatable bonds is 14. The summed E-state index contributed by atoms with van der Waals surface area (Å²) in [7, 11) is 1.43. The molecule has 0 spiro atoms. The highest BCUT2D eigenvalue weighted by atomic mass is 16.5. The van der Waals surface area contributed by atoms with Crippen molar-refractivity contribution in [2.24, 2.45) is 0 Å². The second-order valence-electron chi connectivity index (χ2n) is 6.12. The zero-order chi connectivity index (χ0) is 17.0. The van der Waals surface area contributed by atoms with E-state index in [0.29, 0.717) is 6.42 Å². The highest BCUT2D eigenvalue weighted by Crippen LogP contribution is 2.10. The molecule has 2 heteroatoms. The molecule has 0 saturated carbocycles. The van der Waals surface area contributed by atoms with Gasteiger partial charge in [0, 0.05) is 12.8 Å². The van der Waals surface area contributed by atoms with Crippen LogP contribution in [0.4, 0.5) is 0 Å². The summed E-state index contributed by atoms with van der Waals surface area (Å²) in [6.45, 7) is 2.27. The number of ether oxygens (including phenoxy) is 1. The van der Waals surface area contributed by atoms with E-state index >= 15 is 0 Å². The van der Waals surface area contributed by atoms with Crippen molar-refractivity contribution in [3.8, 4) is 11.8 Å². The molecule has 132 valence electrons. The average Bonchev–Trinajstić information content (AvgIpc) is 2.57. The molecule has 0 amide bonds. The molecule has 0 rings (SSSR count). The van der Waals surface area contributed by atoms with Crippen molar-refractivity contribution in [1.29, 1.82) is 0 Å². The summed E-state index contributed by atoms with van der Waals surface area (Å²) in [5, 5.41) is 0. The third-order valence-corrected chi connectivity index (χ3v) is 3.94. The molecule has 0 aromatic carbocycles. The SMILES string of the molecule is CCCCCCCCCCCCC#C/C=C/CCCC(=O)OC. The van der Waals surface area contributed by atoms with Crippen molar-refractivity contribution in [2.75, 3.05) is 7.11 Å².